The number of nitrogens with one attached hydrogen (secondary N) is 1. The molecule has 2 atom stereocenters. The summed E-state index contributed by atoms with van der Waals surface area (Å²) in [5.74, 6) is 1.51. The van der Waals surface area contributed by atoms with Crippen LogP contribution in [0.5, 0.6) is 11.5 Å². The number of aliphatic hydroxyl groups excluding tert-OH is 1. The van der Waals surface area contributed by atoms with Crippen LogP contribution in [0.1, 0.15) is 25.3 Å². The smallest absolute Gasteiger partial charge is 0.226 e. The number of carbonyl (C=O) groups excluding carboxylic acids is 1. The zero-order chi connectivity index (χ0) is 17.5. The average Bonchev–Trinajstić information content (AvgIpc) is 2.61. The second-order valence-corrected chi connectivity index (χ2v) is 6.24. The highest BCUT2D eigenvalue weighted by Gasteiger charge is 2.28. The van der Waals surface area contributed by atoms with Gasteiger partial charge in [-0.1, -0.05) is 0 Å². The fourth-order valence-electron chi connectivity index (χ4n) is 3.19. The van der Waals surface area contributed by atoms with Gasteiger partial charge in [0.15, 0.2) is 0 Å². The predicted octanol–water partition coefficient (Wildman–Crippen LogP) is 1.83. The van der Waals surface area contributed by atoms with E-state index in [1.54, 1.807) is 19.1 Å². The Labute approximate surface area is 155 Å². The third-order valence-electron chi connectivity index (χ3n) is 4.51. The van der Waals surface area contributed by atoms with Gasteiger partial charge in [0, 0.05) is 36.7 Å². The number of nitrogens with zero attached hydrogens (tertiary/aromatic N) is 1. The first-order valence-corrected chi connectivity index (χ1v) is 8.43. The van der Waals surface area contributed by atoms with Gasteiger partial charge in [-0.15, -0.1) is 12.4 Å². The van der Waals surface area contributed by atoms with Crippen LogP contribution in [0.4, 0.5) is 0 Å². The zero-order valence-corrected chi connectivity index (χ0v) is 16.0. The minimum Gasteiger partial charge on any atom is -0.497 e. The SMILES string of the molecule is COc1ccc(CN(CCO)C(=O)[C@H]2CCN[C@@H](C)C2)c(OC)c1.Cl. The molecular weight excluding hydrogens is 344 g/mol. The summed E-state index contributed by atoms with van der Waals surface area (Å²) >= 11 is 0. The summed E-state index contributed by atoms with van der Waals surface area (Å²) in [6.07, 6.45) is 1.67. The number of aliphatic hydroxyl groups is 1. The molecule has 0 radical (unpaired) electrons. The van der Waals surface area contributed by atoms with Crippen molar-refractivity contribution in [1.29, 1.82) is 0 Å². The van der Waals surface area contributed by atoms with E-state index in [2.05, 4.69) is 12.2 Å². The van der Waals surface area contributed by atoms with E-state index in [9.17, 15) is 9.90 Å². The quantitative estimate of drug-likeness (QED) is 0.764. The summed E-state index contributed by atoms with van der Waals surface area (Å²) in [5.41, 5.74) is 0.905. The third kappa shape index (κ3) is 5.76. The lowest BCUT2D eigenvalue weighted by molar-refractivity contribution is -0.137. The number of ether oxygens (including phenoxy) is 2. The van der Waals surface area contributed by atoms with Crippen molar-refractivity contribution in [2.24, 2.45) is 5.92 Å². The van der Waals surface area contributed by atoms with Crippen molar-refractivity contribution >= 4 is 18.3 Å². The first kappa shape index (κ1) is 21.5. The van der Waals surface area contributed by atoms with Gasteiger partial charge < -0.3 is 24.8 Å². The van der Waals surface area contributed by atoms with Crippen molar-refractivity contribution in [3.05, 3.63) is 23.8 Å². The summed E-state index contributed by atoms with van der Waals surface area (Å²) in [5, 5.41) is 12.7. The van der Waals surface area contributed by atoms with E-state index in [1.165, 1.54) is 0 Å². The van der Waals surface area contributed by atoms with E-state index < -0.39 is 0 Å². The second-order valence-electron chi connectivity index (χ2n) is 6.24. The van der Waals surface area contributed by atoms with Crippen LogP contribution >= 0.6 is 12.4 Å². The van der Waals surface area contributed by atoms with Crippen LogP contribution < -0.4 is 14.8 Å². The molecule has 0 bridgehead atoms. The van der Waals surface area contributed by atoms with Gasteiger partial charge in [0.1, 0.15) is 11.5 Å². The lowest BCUT2D eigenvalue weighted by atomic mass is 9.92. The molecule has 1 saturated heterocycles. The molecule has 2 N–H and O–H groups in total. The lowest BCUT2D eigenvalue weighted by Crippen LogP contribution is -2.44. The summed E-state index contributed by atoms with van der Waals surface area (Å²) in [6, 6.07) is 5.91. The number of halogens is 1. The predicted molar refractivity (Wildman–Crippen MR) is 99.5 cm³/mol. The molecular formula is C18H29ClN2O4. The highest BCUT2D eigenvalue weighted by atomic mass is 35.5. The van der Waals surface area contributed by atoms with Gasteiger partial charge in [0.25, 0.3) is 0 Å². The Morgan fingerprint density at radius 1 is 1.36 bits per heavy atom. The number of benzene rings is 1. The van der Waals surface area contributed by atoms with E-state index in [1.807, 2.05) is 18.2 Å². The number of hydrogen-bond donors (Lipinski definition) is 2. The topological polar surface area (TPSA) is 71.0 Å². The number of piperidine rings is 1. The van der Waals surface area contributed by atoms with Gasteiger partial charge >= 0.3 is 0 Å². The van der Waals surface area contributed by atoms with Crippen molar-refractivity contribution in [2.45, 2.75) is 32.4 Å². The summed E-state index contributed by atoms with van der Waals surface area (Å²) in [4.78, 5) is 14.6. The Balaban J connectivity index is 0.00000312. The summed E-state index contributed by atoms with van der Waals surface area (Å²) < 4.78 is 10.6. The Hall–Kier alpha value is -1.50. The molecule has 1 aromatic rings. The fourth-order valence-corrected chi connectivity index (χ4v) is 3.19. The normalized spacial score (nSPS) is 19.7. The molecule has 1 aliphatic rings. The average molecular weight is 373 g/mol. The maximum Gasteiger partial charge on any atom is 0.226 e. The van der Waals surface area contributed by atoms with Crippen LogP contribution in [-0.4, -0.2) is 55.9 Å². The molecule has 1 amide bonds. The molecule has 1 fully saturated rings. The molecule has 142 valence electrons. The van der Waals surface area contributed by atoms with E-state index in [4.69, 9.17) is 9.47 Å². The highest BCUT2D eigenvalue weighted by molar-refractivity contribution is 5.85. The number of carbonyl (C=O) groups is 1. The Kier molecular flexibility index (Phi) is 9.03. The fraction of sp³-hybridized carbons (Fsp3) is 0.611. The maximum atomic E-state index is 12.9. The van der Waals surface area contributed by atoms with Crippen LogP contribution in [-0.2, 0) is 11.3 Å². The zero-order valence-electron chi connectivity index (χ0n) is 15.2. The largest absolute Gasteiger partial charge is 0.497 e. The number of methoxy groups -OCH3 is 2. The molecule has 0 aliphatic carbocycles. The lowest BCUT2D eigenvalue weighted by Gasteiger charge is -2.32. The van der Waals surface area contributed by atoms with Gasteiger partial charge in [-0.3, -0.25) is 4.79 Å². The van der Waals surface area contributed by atoms with Gasteiger partial charge in [-0.25, -0.2) is 0 Å². The summed E-state index contributed by atoms with van der Waals surface area (Å²) in [6.45, 7) is 3.65. The van der Waals surface area contributed by atoms with Crippen LogP contribution in [0.2, 0.25) is 0 Å². The van der Waals surface area contributed by atoms with E-state index in [0.717, 1.165) is 24.9 Å². The molecule has 1 heterocycles. The Morgan fingerprint density at radius 3 is 2.72 bits per heavy atom. The van der Waals surface area contributed by atoms with Crippen molar-refractivity contribution in [2.75, 3.05) is 33.9 Å². The standard InChI is InChI=1S/C18H28N2O4.ClH/c1-13-10-14(6-7-19-13)18(22)20(8-9-21)12-15-4-5-16(23-2)11-17(15)24-3;/h4-5,11,13-14,19,21H,6-10,12H2,1-3H3;1H/t13-,14-;/m0./s1. The Morgan fingerprint density at radius 2 is 2.12 bits per heavy atom. The molecule has 0 saturated carbocycles. The number of amides is 1. The summed E-state index contributed by atoms with van der Waals surface area (Å²) in [7, 11) is 3.21. The highest BCUT2D eigenvalue weighted by Crippen LogP contribution is 2.27. The molecule has 6 nitrogen and oxygen atoms in total. The molecule has 7 heteroatoms. The van der Waals surface area contributed by atoms with Crippen molar-refractivity contribution < 1.29 is 19.4 Å². The molecule has 1 aliphatic heterocycles. The Bertz CT molecular complexity index is 556. The van der Waals surface area contributed by atoms with Crippen LogP contribution in [0, 0.1) is 5.92 Å². The van der Waals surface area contributed by atoms with Crippen molar-refractivity contribution in [3.63, 3.8) is 0 Å². The number of rotatable bonds is 7. The van der Waals surface area contributed by atoms with Gasteiger partial charge in [0.2, 0.25) is 5.91 Å². The molecule has 1 aromatic carbocycles. The second kappa shape index (κ2) is 10.5. The first-order valence-electron chi connectivity index (χ1n) is 8.43. The van der Waals surface area contributed by atoms with Gasteiger partial charge in [-0.2, -0.15) is 0 Å². The van der Waals surface area contributed by atoms with Crippen LogP contribution in [0.3, 0.4) is 0 Å². The maximum absolute atomic E-state index is 12.9. The van der Waals surface area contributed by atoms with Gasteiger partial charge in [-0.05, 0) is 38.4 Å². The van der Waals surface area contributed by atoms with E-state index >= 15 is 0 Å². The van der Waals surface area contributed by atoms with E-state index in [-0.39, 0.29) is 30.8 Å². The van der Waals surface area contributed by atoms with Crippen LogP contribution in [0.15, 0.2) is 18.2 Å². The minimum atomic E-state index is -0.0509. The molecule has 25 heavy (non-hydrogen) atoms. The van der Waals surface area contributed by atoms with Crippen LogP contribution in [0.25, 0.3) is 0 Å². The third-order valence-corrected chi connectivity index (χ3v) is 4.51. The molecule has 0 spiro atoms. The molecule has 2 rings (SSSR count). The first-order chi connectivity index (χ1) is 11.6. The van der Waals surface area contributed by atoms with Crippen molar-refractivity contribution in [1.82, 2.24) is 10.2 Å². The monoisotopic (exact) mass is 372 g/mol. The van der Waals surface area contributed by atoms with E-state index in [0.29, 0.717) is 30.6 Å². The minimum absolute atomic E-state index is 0. The number of hydrogen-bond acceptors (Lipinski definition) is 5. The van der Waals surface area contributed by atoms with Crippen molar-refractivity contribution in [3.8, 4) is 11.5 Å². The molecule has 0 unspecified atom stereocenters. The van der Waals surface area contributed by atoms with Gasteiger partial charge in [0.05, 0.1) is 20.8 Å². The molecule has 0 aromatic heterocycles.